The minimum absolute atomic E-state index is 0.00426. The Morgan fingerprint density at radius 2 is 1.49 bits per heavy atom. The van der Waals surface area contributed by atoms with Crippen LogP contribution in [0.5, 0.6) is 11.5 Å². The highest BCUT2D eigenvalue weighted by Crippen LogP contribution is 2.39. The summed E-state index contributed by atoms with van der Waals surface area (Å²) in [6.45, 7) is 22.5. The van der Waals surface area contributed by atoms with E-state index in [-0.39, 0.29) is 10.8 Å². The summed E-state index contributed by atoms with van der Waals surface area (Å²) >= 11 is 0. The number of aromatic nitrogens is 4. The van der Waals surface area contributed by atoms with E-state index in [9.17, 15) is 0 Å². The predicted octanol–water partition coefficient (Wildman–Crippen LogP) is 13.0. The maximum Gasteiger partial charge on any atom is 0.137 e. The van der Waals surface area contributed by atoms with Crippen molar-refractivity contribution in [1.82, 2.24) is 19.3 Å². The lowest BCUT2D eigenvalue weighted by molar-refractivity contribution is 0.411. The van der Waals surface area contributed by atoms with Crippen LogP contribution in [0, 0.1) is 5.41 Å². The molecule has 0 N–H and O–H groups in total. The average molecular weight is 703 g/mol. The maximum absolute atomic E-state index is 6.84. The van der Waals surface area contributed by atoms with Crippen molar-refractivity contribution in [1.29, 1.82) is 0 Å². The Balaban J connectivity index is 1.37. The summed E-state index contributed by atoms with van der Waals surface area (Å²) in [6, 6.07) is 35.0. The van der Waals surface area contributed by atoms with Crippen LogP contribution in [-0.4, -0.2) is 19.3 Å². The minimum Gasteiger partial charge on any atom is -0.457 e. The zero-order valence-corrected chi connectivity index (χ0v) is 33.2. The highest BCUT2D eigenvalue weighted by molar-refractivity contribution is 6.09. The van der Waals surface area contributed by atoms with Gasteiger partial charge in [-0.05, 0) is 107 Å². The first-order chi connectivity index (χ1) is 25.2. The van der Waals surface area contributed by atoms with E-state index in [0.29, 0.717) is 5.92 Å². The number of ether oxygens (including phenoxy) is 1. The molecule has 0 amide bonds. The fraction of sp³-hybridized carbons (Fsp3) is 0.333. The molecule has 7 rings (SSSR count). The molecule has 0 fully saturated rings. The molecule has 5 heteroatoms. The molecule has 0 aliphatic rings. The second kappa shape index (κ2) is 14.0. The average Bonchev–Trinajstić information content (AvgIpc) is 3.66. The van der Waals surface area contributed by atoms with Gasteiger partial charge in [-0.1, -0.05) is 106 Å². The lowest BCUT2D eigenvalue weighted by Crippen LogP contribution is -2.12. The molecule has 0 aliphatic heterocycles. The molecule has 0 radical (unpaired) electrons. The van der Waals surface area contributed by atoms with E-state index in [1.807, 2.05) is 6.20 Å². The molecule has 0 bridgehead atoms. The van der Waals surface area contributed by atoms with Crippen molar-refractivity contribution in [3.8, 4) is 34.1 Å². The van der Waals surface area contributed by atoms with Crippen LogP contribution in [0.15, 0.2) is 103 Å². The Labute approximate surface area is 315 Å². The third-order valence-electron chi connectivity index (χ3n) is 10.2. The summed E-state index contributed by atoms with van der Waals surface area (Å²) < 4.78 is 11.3. The quantitative estimate of drug-likeness (QED) is 0.150. The van der Waals surface area contributed by atoms with Gasteiger partial charge in [0, 0.05) is 34.7 Å². The van der Waals surface area contributed by atoms with Crippen LogP contribution in [0.3, 0.4) is 0 Å². The van der Waals surface area contributed by atoms with Crippen molar-refractivity contribution in [3.05, 3.63) is 131 Å². The summed E-state index contributed by atoms with van der Waals surface area (Å²) in [5, 5.41) is 7.63. The van der Waals surface area contributed by atoms with E-state index in [1.54, 1.807) is 0 Å². The van der Waals surface area contributed by atoms with Gasteiger partial charge in [0.25, 0.3) is 0 Å². The fourth-order valence-corrected chi connectivity index (χ4v) is 7.57. The molecule has 5 nitrogen and oxygen atoms in total. The molecule has 0 saturated heterocycles. The molecular weight excluding hydrogens is 649 g/mol. The van der Waals surface area contributed by atoms with Crippen molar-refractivity contribution in [2.75, 3.05) is 0 Å². The van der Waals surface area contributed by atoms with E-state index in [1.165, 1.54) is 44.3 Å². The van der Waals surface area contributed by atoms with Crippen LogP contribution in [0.2, 0.25) is 0 Å². The standard InChI is InChI=1S/C48H54N4O/c1-11-41-46(33-16-14-13-15-17-33)42(12-2)52(50-41)36-25-34(31(3)4)26-38(28-36)53-37-19-20-39-40-24-32(30-47(5,6)7)18-21-43(40)51(44(39)29-37)45-27-35(22-23-49-45)48(8,9)10/h13-29,31H,11-12,30H2,1-10H3. The molecule has 53 heavy (non-hydrogen) atoms. The first-order valence-corrected chi connectivity index (χ1v) is 19.3. The summed E-state index contributed by atoms with van der Waals surface area (Å²) in [4.78, 5) is 4.93. The fourth-order valence-electron chi connectivity index (χ4n) is 7.57. The number of nitrogens with zero attached hydrogens (tertiary/aromatic N) is 4. The summed E-state index contributed by atoms with van der Waals surface area (Å²) in [5.74, 6) is 2.80. The molecule has 0 unspecified atom stereocenters. The van der Waals surface area contributed by atoms with E-state index in [4.69, 9.17) is 14.8 Å². The zero-order chi connectivity index (χ0) is 37.7. The van der Waals surface area contributed by atoms with Crippen LogP contribution in [0.1, 0.15) is 103 Å². The van der Waals surface area contributed by atoms with Crippen molar-refractivity contribution in [2.45, 2.75) is 99.8 Å². The first kappa shape index (κ1) is 36.2. The monoisotopic (exact) mass is 702 g/mol. The van der Waals surface area contributed by atoms with E-state index < -0.39 is 0 Å². The van der Waals surface area contributed by atoms with Crippen LogP contribution < -0.4 is 4.74 Å². The van der Waals surface area contributed by atoms with Gasteiger partial charge < -0.3 is 4.74 Å². The molecular formula is C48H54N4O. The van der Waals surface area contributed by atoms with E-state index >= 15 is 0 Å². The Hall–Kier alpha value is -5.16. The molecule has 3 aromatic heterocycles. The SMILES string of the molecule is CCc1nn(-c2cc(Oc3ccc4c5cc(CC(C)(C)C)ccc5n(-c5cc(C(C)(C)C)ccn5)c4c3)cc(C(C)C)c2)c(CC)c1-c1ccccc1. The summed E-state index contributed by atoms with van der Waals surface area (Å²) in [5.41, 5.74) is 12.0. The molecule has 0 atom stereocenters. The zero-order valence-electron chi connectivity index (χ0n) is 33.2. The molecule has 272 valence electrons. The number of hydrogen-bond donors (Lipinski definition) is 0. The van der Waals surface area contributed by atoms with Gasteiger partial charge in [-0.3, -0.25) is 4.57 Å². The van der Waals surface area contributed by atoms with Crippen LogP contribution in [0.4, 0.5) is 0 Å². The smallest absolute Gasteiger partial charge is 0.137 e. The molecule has 3 heterocycles. The van der Waals surface area contributed by atoms with Gasteiger partial charge in [-0.2, -0.15) is 5.10 Å². The Morgan fingerprint density at radius 3 is 2.17 bits per heavy atom. The molecule has 0 spiro atoms. The van der Waals surface area contributed by atoms with E-state index in [0.717, 1.165) is 59.0 Å². The Bertz CT molecular complexity index is 2420. The highest BCUT2D eigenvalue weighted by atomic mass is 16.5. The number of benzene rings is 4. The van der Waals surface area contributed by atoms with Gasteiger partial charge in [-0.15, -0.1) is 0 Å². The molecule has 0 saturated carbocycles. The van der Waals surface area contributed by atoms with Crippen molar-refractivity contribution in [2.24, 2.45) is 5.41 Å². The van der Waals surface area contributed by atoms with Crippen LogP contribution in [0.25, 0.3) is 44.4 Å². The number of aryl methyl sites for hydroxylation is 1. The van der Waals surface area contributed by atoms with Gasteiger partial charge in [0.15, 0.2) is 0 Å². The number of hydrogen-bond acceptors (Lipinski definition) is 3. The Kier molecular flexibility index (Phi) is 9.57. The maximum atomic E-state index is 6.84. The van der Waals surface area contributed by atoms with Gasteiger partial charge in [0.1, 0.15) is 17.3 Å². The topological polar surface area (TPSA) is 44.9 Å². The van der Waals surface area contributed by atoms with Crippen molar-refractivity contribution >= 4 is 21.8 Å². The van der Waals surface area contributed by atoms with Gasteiger partial charge in [0.05, 0.1) is 28.1 Å². The van der Waals surface area contributed by atoms with Crippen molar-refractivity contribution < 1.29 is 4.74 Å². The minimum atomic E-state index is -0.00426. The van der Waals surface area contributed by atoms with E-state index in [2.05, 4.69) is 176 Å². The van der Waals surface area contributed by atoms with Crippen LogP contribution >= 0.6 is 0 Å². The van der Waals surface area contributed by atoms with Crippen LogP contribution in [-0.2, 0) is 24.7 Å². The normalized spacial score (nSPS) is 12.4. The second-order valence-corrected chi connectivity index (χ2v) is 17.0. The van der Waals surface area contributed by atoms with Gasteiger partial charge in [-0.25, -0.2) is 9.67 Å². The number of rotatable bonds is 9. The first-order valence-electron chi connectivity index (χ1n) is 19.3. The largest absolute Gasteiger partial charge is 0.457 e. The van der Waals surface area contributed by atoms with Crippen molar-refractivity contribution in [3.63, 3.8) is 0 Å². The predicted molar refractivity (Wildman–Crippen MR) is 222 cm³/mol. The summed E-state index contributed by atoms with van der Waals surface area (Å²) in [7, 11) is 0. The molecule has 0 aliphatic carbocycles. The third-order valence-corrected chi connectivity index (χ3v) is 10.2. The second-order valence-electron chi connectivity index (χ2n) is 17.0. The third kappa shape index (κ3) is 7.27. The lowest BCUT2D eigenvalue weighted by Gasteiger charge is -2.20. The summed E-state index contributed by atoms with van der Waals surface area (Å²) in [6.07, 6.45) is 4.67. The molecule has 4 aromatic carbocycles. The Morgan fingerprint density at radius 1 is 0.717 bits per heavy atom. The van der Waals surface area contributed by atoms with Gasteiger partial charge in [0.2, 0.25) is 0 Å². The number of pyridine rings is 1. The molecule has 7 aromatic rings. The van der Waals surface area contributed by atoms with Gasteiger partial charge >= 0.3 is 0 Å². The lowest BCUT2D eigenvalue weighted by atomic mass is 9.87. The number of fused-ring (bicyclic) bond motifs is 3. The highest BCUT2D eigenvalue weighted by Gasteiger charge is 2.22.